The molecule has 0 aliphatic heterocycles. The molecule has 0 aliphatic carbocycles. The maximum absolute atomic E-state index is 11.9. The van der Waals surface area contributed by atoms with Gasteiger partial charge in [0.15, 0.2) is 11.5 Å². The van der Waals surface area contributed by atoms with Crippen LogP contribution >= 0.6 is 0 Å². The minimum atomic E-state index is -3.86. The lowest BCUT2D eigenvalue weighted by Gasteiger charge is -2.12. The summed E-state index contributed by atoms with van der Waals surface area (Å²) in [6.45, 7) is 0. The van der Waals surface area contributed by atoms with Crippen molar-refractivity contribution in [3.8, 4) is 17.2 Å². The van der Waals surface area contributed by atoms with Gasteiger partial charge in [0.2, 0.25) is 15.8 Å². The monoisotopic (exact) mass is 422 g/mol. The van der Waals surface area contributed by atoms with Crippen LogP contribution in [0.25, 0.3) is 6.08 Å². The fraction of sp³-hybridized carbons (Fsp3) is 0.167. The Hall–Kier alpha value is -3.44. The number of hydrogen-bond acceptors (Lipinski definition) is 8. The normalized spacial score (nSPS) is 11.3. The molecule has 10 nitrogen and oxygen atoms in total. The number of rotatable bonds is 8. The SMILES string of the molecule is CNS(=O)(=O)c1ccc(Oc2ccc(/C=C\C(=O)OC)cc2OC)c([N+](=O)[O-])c1. The lowest BCUT2D eigenvalue weighted by Crippen LogP contribution is -2.18. The summed E-state index contributed by atoms with van der Waals surface area (Å²) in [4.78, 5) is 21.6. The van der Waals surface area contributed by atoms with Crippen LogP contribution in [0.4, 0.5) is 5.69 Å². The molecule has 29 heavy (non-hydrogen) atoms. The molecule has 0 aliphatic rings. The van der Waals surface area contributed by atoms with Crippen molar-refractivity contribution in [3.05, 3.63) is 58.2 Å². The number of ether oxygens (including phenoxy) is 3. The molecule has 0 aromatic heterocycles. The van der Waals surface area contributed by atoms with Crippen molar-refractivity contribution in [1.29, 1.82) is 0 Å². The van der Waals surface area contributed by atoms with Gasteiger partial charge in [0.25, 0.3) is 0 Å². The topological polar surface area (TPSA) is 134 Å². The van der Waals surface area contributed by atoms with E-state index in [1.54, 1.807) is 12.1 Å². The summed E-state index contributed by atoms with van der Waals surface area (Å²) in [5.74, 6) is -0.286. The third-order valence-electron chi connectivity index (χ3n) is 3.73. The second-order valence-corrected chi connectivity index (χ2v) is 7.35. The van der Waals surface area contributed by atoms with Gasteiger partial charge >= 0.3 is 11.7 Å². The number of hydrogen-bond donors (Lipinski definition) is 1. The Morgan fingerprint density at radius 3 is 2.38 bits per heavy atom. The summed E-state index contributed by atoms with van der Waals surface area (Å²) in [5.41, 5.74) is 0.0719. The van der Waals surface area contributed by atoms with Crippen molar-refractivity contribution in [3.63, 3.8) is 0 Å². The molecule has 0 spiro atoms. The van der Waals surface area contributed by atoms with Crippen LogP contribution in [0.15, 0.2) is 47.4 Å². The highest BCUT2D eigenvalue weighted by molar-refractivity contribution is 7.89. The number of methoxy groups -OCH3 is 2. The number of nitro groups is 1. The Morgan fingerprint density at radius 2 is 1.79 bits per heavy atom. The second kappa shape index (κ2) is 9.17. The van der Waals surface area contributed by atoms with E-state index < -0.39 is 26.6 Å². The Bertz CT molecular complexity index is 1060. The predicted molar refractivity (Wildman–Crippen MR) is 103 cm³/mol. The average Bonchev–Trinajstić information content (AvgIpc) is 2.72. The van der Waals surface area contributed by atoms with Gasteiger partial charge in [-0.15, -0.1) is 0 Å². The Labute approximate surface area is 166 Å². The maximum Gasteiger partial charge on any atom is 0.330 e. The molecule has 0 radical (unpaired) electrons. The van der Waals surface area contributed by atoms with Gasteiger partial charge in [0.1, 0.15) is 0 Å². The third-order valence-corrected chi connectivity index (χ3v) is 5.14. The smallest absolute Gasteiger partial charge is 0.330 e. The van der Waals surface area contributed by atoms with E-state index in [4.69, 9.17) is 9.47 Å². The van der Waals surface area contributed by atoms with Crippen molar-refractivity contribution < 1.29 is 32.3 Å². The molecular formula is C18H18N2O8S. The number of nitro benzene ring substituents is 1. The molecule has 2 aromatic rings. The highest BCUT2D eigenvalue weighted by Crippen LogP contribution is 2.37. The van der Waals surface area contributed by atoms with E-state index in [2.05, 4.69) is 9.46 Å². The zero-order chi connectivity index (χ0) is 21.6. The molecule has 0 fully saturated rings. The first-order valence-corrected chi connectivity index (χ1v) is 9.54. The molecule has 0 atom stereocenters. The van der Waals surface area contributed by atoms with Crippen molar-refractivity contribution >= 4 is 27.8 Å². The number of benzene rings is 2. The molecule has 2 rings (SSSR count). The summed E-state index contributed by atoms with van der Waals surface area (Å²) in [7, 11) is -0.0208. The van der Waals surface area contributed by atoms with Crippen LogP contribution in [0.1, 0.15) is 5.56 Å². The number of esters is 1. The van der Waals surface area contributed by atoms with Gasteiger partial charge in [-0.3, -0.25) is 10.1 Å². The zero-order valence-corrected chi connectivity index (χ0v) is 16.6. The lowest BCUT2D eigenvalue weighted by atomic mass is 10.2. The summed E-state index contributed by atoms with van der Waals surface area (Å²) in [6.07, 6.45) is 2.72. The lowest BCUT2D eigenvalue weighted by molar-refractivity contribution is -0.385. The molecule has 0 saturated carbocycles. The van der Waals surface area contributed by atoms with Crippen LogP contribution in [0.5, 0.6) is 17.2 Å². The Balaban J connectivity index is 2.41. The molecule has 11 heteroatoms. The number of nitrogens with zero attached hydrogens (tertiary/aromatic N) is 1. The van der Waals surface area contributed by atoms with Gasteiger partial charge in [-0.25, -0.2) is 17.9 Å². The van der Waals surface area contributed by atoms with E-state index in [0.717, 1.165) is 6.07 Å². The first-order chi connectivity index (χ1) is 13.7. The summed E-state index contributed by atoms with van der Waals surface area (Å²) >= 11 is 0. The molecule has 0 amide bonds. The van der Waals surface area contributed by atoms with Gasteiger partial charge < -0.3 is 14.2 Å². The van der Waals surface area contributed by atoms with Crippen molar-refractivity contribution in [2.45, 2.75) is 4.90 Å². The molecule has 0 unspecified atom stereocenters. The highest BCUT2D eigenvalue weighted by atomic mass is 32.2. The molecule has 0 bridgehead atoms. The summed E-state index contributed by atoms with van der Waals surface area (Å²) < 4.78 is 41.2. The number of carbonyl (C=O) groups is 1. The minimum Gasteiger partial charge on any atom is -0.493 e. The van der Waals surface area contributed by atoms with Crippen LogP contribution in [0, 0.1) is 10.1 Å². The summed E-state index contributed by atoms with van der Waals surface area (Å²) in [5, 5.41) is 11.4. The maximum atomic E-state index is 11.9. The van der Waals surface area contributed by atoms with Gasteiger partial charge in [-0.1, -0.05) is 6.07 Å². The fourth-order valence-electron chi connectivity index (χ4n) is 2.23. The van der Waals surface area contributed by atoms with E-state index in [-0.39, 0.29) is 22.1 Å². The quantitative estimate of drug-likeness (QED) is 0.297. The van der Waals surface area contributed by atoms with Crippen LogP contribution < -0.4 is 14.2 Å². The van der Waals surface area contributed by atoms with Crippen LogP contribution in [0.3, 0.4) is 0 Å². The molecular weight excluding hydrogens is 404 g/mol. The van der Waals surface area contributed by atoms with Crippen LogP contribution in [-0.4, -0.2) is 40.6 Å². The van der Waals surface area contributed by atoms with Gasteiger partial charge in [0.05, 0.1) is 24.0 Å². The van der Waals surface area contributed by atoms with E-state index in [1.807, 2.05) is 0 Å². The zero-order valence-electron chi connectivity index (χ0n) is 15.7. The first kappa shape index (κ1) is 21.9. The highest BCUT2D eigenvalue weighted by Gasteiger charge is 2.22. The standard InChI is InChI=1S/C18H18N2O8S/c1-19-29(24,25)13-6-8-15(14(11-13)20(22)23)28-16-7-4-12(10-17(16)26-2)5-9-18(21)27-3/h4-11,19H,1-3H3/b9-5-. The van der Waals surface area contributed by atoms with Gasteiger partial charge in [-0.05, 0) is 43.0 Å². The van der Waals surface area contributed by atoms with E-state index >= 15 is 0 Å². The molecule has 154 valence electrons. The molecule has 1 N–H and O–H groups in total. The number of nitrogens with one attached hydrogen (secondary N) is 1. The number of carbonyl (C=O) groups excluding carboxylic acids is 1. The fourth-order valence-corrected chi connectivity index (χ4v) is 2.98. The van der Waals surface area contributed by atoms with Crippen LogP contribution in [0.2, 0.25) is 0 Å². The second-order valence-electron chi connectivity index (χ2n) is 5.46. The van der Waals surface area contributed by atoms with E-state index in [9.17, 15) is 23.3 Å². The molecule has 0 saturated heterocycles. The van der Waals surface area contributed by atoms with Gasteiger partial charge in [0, 0.05) is 12.1 Å². The average molecular weight is 422 g/mol. The van der Waals surface area contributed by atoms with Crippen molar-refractivity contribution in [2.75, 3.05) is 21.3 Å². The van der Waals surface area contributed by atoms with Crippen LogP contribution in [-0.2, 0) is 19.6 Å². The minimum absolute atomic E-state index is 0.162. The first-order valence-electron chi connectivity index (χ1n) is 8.05. The number of sulfonamides is 1. The molecule has 2 aromatic carbocycles. The Morgan fingerprint density at radius 1 is 1.10 bits per heavy atom. The van der Waals surface area contributed by atoms with E-state index in [0.29, 0.717) is 5.56 Å². The van der Waals surface area contributed by atoms with Crippen molar-refractivity contribution in [1.82, 2.24) is 4.72 Å². The summed E-state index contributed by atoms with van der Waals surface area (Å²) in [6, 6.07) is 7.93. The van der Waals surface area contributed by atoms with Gasteiger partial charge in [-0.2, -0.15) is 0 Å². The predicted octanol–water partition coefficient (Wildman–Crippen LogP) is 2.49. The largest absolute Gasteiger partial charge is 0.493 e. The molecule has 0 heterocycles. The van der Waals surface area contributed by atoms with E-state index in [1.165, 1.54) is 51.6 Å². The third kappa shape index (κ3) is 5.30. The van der Waals surface area contributed by atoms with Crippen molar-refractivity contribution in [2.24, 2.45) is 0 Å². The Kier molecular flexibility index (Phi) is 6.91.